The van der Waals surface area contributed by atoms with Crippen LogP contribution in [0.15, 0.2) is 0 Å². The van der Waals surface area contributed by atoms with Crippen LogP contribution >= 0.6 is 0 Å². The molecule has 13 heavy (non-hydrogen) atoms. The largest absolute Gasteiger partial charge is 0.394 e. The first kappa shape index (κ1) is 11.0. The first-order valence-corrected chi connectivity index (χ1v) is 5.02. The number of nitrogens with two attached hydrogens (primary N) is 1. The molecule has 0 amide bonds. The summed E-state index contributed by atoms with van der Waals surface area (Å²) in [4.78, 5) is 2.35. The molecule has 0 saturated carbocycles. The number of hydrogen-bond acceptors (Lipinski definition) is 3. The predicted molar refractivity (Wildman–Crippen MR) is 54.6 cm³/mol. The van der Waals surface area contributed by atoms with Crippen molar-refractivity contribution < 1.29 is 5.11 Å². The molecular formula is C10H22N2O. The number of rotatable bonds is 1. The smallest absolute Gasteiger partial charge is 0.0623 e. The normalized spacial score (nSPS) is 32.1. The standard InChI is InChI=1S/C10H22N2O/c1-9(2,3)12-6-4-5-10(11,7-12)8-13/h13H,4-8,11H2,1-3H3. The lowest BCUT2D eigenvalue weighted by Crippen LogP contribution is -2.60. The molecule has 78 valence electrons. The summed E-state index contributed by atoms with van der Waals surface area (Å²) >= 11 is 0. The Bertz CT molecular complexity index is 176. The highest BCUT2D eigenvalue weighted by Crippen LogP contribution is 2.24. The Labute approximate surface area is 80.9 Å². The summed E-state index contributed by atoms with van der Waals surface area (Å²) in [5, 5.41) is 9.18. The van der Waals surface area contributed by atoms with Gasteiger partial charge in [0.15, 0.2) is 0 Å². The number of aliphatic hydroxyl groups is 1. The lowest BCUT2D eigenvalue weighted by molar-refractivity contribution is 0.0391. The Hall–Kier alpha value is -0.120. The van der Waals surface area contributed by atoms with Crippen molar-refractivity contribution in [3.05, 3.63) is 0 Å². The van der Waals surface area contributed by atoms with E-state index in [-0.39, 0.29) is 17.7 Å². The number of piperidine rings is 1. The van der Waals surface area contributed by atoms with E-state index in [0.29, 0.717) is 0 Å². The van der Waals surface area contributed by atoms with Crippen LogP contribution in [0.3, 0.4) is 0 Å². The maximum absolute atomic E-state index is 9.18. The molecule has 0 spiro atoms. The molecule has 3 N–H and O–H groups in total. The highest BCUT2D eigenvalue weighted by atomic mass is 16.3. The molecule has 1 unspecified atom stereocenters. The second-order valence-corrected chi connectivity index (χ2v) is 5.22. The first-order chi connectivity index (χ1) is 5.87. The zero-order valence-corrected chi connectivity index (χ0v) is 9.01. The van der Waals surface area contributed by atoms with Crippen molar-refractivity contribution in [2.75, 3.05) is 19.7 Å². The van der Waals surface area contributed by atoms with Crippen molar-refractivity contribution in [2.45, 2.75) is 44.7 Å². The third-order valence-electron chi connectivity index (χ3n) is 2.87. The molecule has 0 aromatic carbocycles. The molecule has 0 radical (unpaired) electrons. The topological polar surface area (TPSA) is 49.5 Å². The van der Waals surface area contributed by atoms with Crippen molar-refractivity contribution >= 4 is 0 Å². The van der Waals surface area contributed by atoms with Gasteiger partial charge >= 0.3 is 0 Å². The van der Waals surface area contributed by atoms with Gasteiger partial charge in [0.05, 0.1) is 12.1 Å². The lowest BCUT2D eigenvalue weighted by Gasteiger charge is -2.45. The van der Waals surface area contributed by atoms with Gasteiger partial charge in [0.1, 0.15) is 0 Å². The van der Waals surface area contributed by atoms with Crippen LogP contribution in [0.25, 0.3) is 0 Å². The maximum atomic E-state index is 9.18. The van der Waals surface area contributed by atoms with Gasteiger partial charge < -0.3 is 10.8 Å². The van der Waals surface area contributed by atoms with E-state index in [1.54, 1.807) is 0 Å². The summed E-state index contributed by atoms with van der Waals surface area (Å²) in [7, 11) is 0. The van der Waals surface area contributed by atoms with E-state index >= 15 is 0 Å². The number of hydrogen-bond donors (Lipinski definition) is 2. The van der Waals surface area contributed by atoms with Gasteiger partial charge in [0, 0.05) is 12.1 Å². The van der Waals surface area contributed by atoms with Crippen LogP contribution in [0.4, 0.5) is 0 Å². The Morgan fingerprint density at radius 1 is 1.46 bits per heavy atom. The minimum atomic E-state index is -0.370. The molecule has 1 rings (SSSR count). The van der Waals surface area contributed by atoms with E-state index in [9.17, 15) is 5.11 Å². The molecule has 1 heterocycles. The molecule has 3 nitrogen and oxygen atoms in total. The molecule has 0 aromatic rings. The zero-order chi connectivity index (χ0) is 10.1. The molecular weight excluding hydrogens is 164 g/mol. The summed E-state index contributed by atoms with van der Waals surface area (Å²) in [6.07, 6.45) is 2.03. The van der Waals surface area contributed by atoms with Crippen molar-refractivity contribution in [1.29, 1.82) is 0 Å². The van der Waals surface area contributed by atoms with Crippen LogP contribution < -0.4 is 5.73 Å². The molecule has 1 aliphatic rings. The minimum Gasteiger partial charge on any atom is -0.394 e. The second-order valence-electron chi connectivity index (χ2n) is 5.22. The van der Waals surface area contributed by atoms with Gasteiger partial charge in [0.25, 0.3) is 0 Å². The summed E-state index contributed by atoms with van der Waals surface area (Å²) in [6, 6.07) is 0. The average Bonchev–Trinajstić information content (AvgIpc) is 2.03. The SMILES string of the molecule is CC(C)(C)N1CCCC(N)(CO)C1. The molecule has 0 bridgehead atoms. The summed E-state index contributed by atoms with van der Waals surface area (Å²) in [5.41, 5.74) is 5.85. The Morgan fingerprint density at radius 3 is 2.54 bits per heavy atom. The van der Waals surface area contributed by atoms with Crippen LogP contribution in [0.5, 0.6) is 0 Å². The molecule has 3 heteroatoms. The zero-order valence-electron chi connectivity index (χ0n) is 9.01. The van der Waals surface area contributed by atoms with Crippen LogP contribution in [0, 0.1) is 0 Å². The molecule has 1 atom stereocenters. The van der Waals surface area contributed by atoms with Crippen LogP contribution in [-0.4, -0.2) is 40.8 Å². The van der Waals surface area contributed by atoms with Crippen LogP contribution in [0.2, 0.25) is 0 Å². The van der Waals surface area contributed by atoms with Gasteiger partial charge in [-0.1, -0.05) is 0 Å². The highest BCUT2D eigenvalue weighted by Gasteiger charge is 2.35. The van der Waals surface area contributed by atoms with Gasteiger partial charge in [-0.25, -0.2) is 0 Å². The lowest BCUT2D eigenvalue weighted by atomic mass is 9.88. The van der Waals surface area contributed by atoms with Crippen molar-refractivity contribution in [1.82, 2.24) is 4.90 Å². The fourth-order valence-corrected chi connectivity index (χ4v) is 1.86. The summed E-state index contributed by atoms with van der Waals surface area (Å²) in [6.45, 7) is 8.58. The van der Waals surface area contributed by atoms with Gasteiger partial charge in [0.2, 0.25) is 0 Å². The fourth-order valence-electron chi connectivity index (χ4n) is 1.86. The van der Waals surface area contributed by atoms with Crippen molar-refractivity contribution in [2.24, 2.45) is 5.73 Å². The number of aliphatic hydroxyl groups excluding tert-OH is 1. The van der Waals surface area contributed by atoms with Crippen molar-refractivity contribution in [3.63, 3.8) is 0 Å². The van der Waals surface area contributed by atoms with E-state index in [1.807, 2.05) is 0 Å². The Kier molecular flexibility index (Phi) is 3.00. The molecule has 1 fully saturated rings. The quantitative estimate of drug-likeness (QED) is 0.629. The molecule has 1 saturated heterocycles. The van der Waals surface area contributed by atoms with Gasteiger partial charge in [-0.2, -0.15) is 0 Å². The first-order valence-electron chi connectivity index (χ1n) is 5.02. The van der Waals surface area contributed by atoms with E-state index in [1.165, 1.54) is 0 Å². The van der Waals surface area contributed by atoms with E-state index in [4.69, 9.17) is 5.73 Å². The fraction of sp³-hybridized carbons (Fsp3) is 1.00. The molecule has 0 aromatic heterocycles. The second kappa shape index (κ2) is 3.56. The van der Waals surface area contributed by atoms with Gasteiger partial charge in [-0.15, -0.1) is 0 Å². The van der Waals surface area contributed by atoms with Crippen LogP contribution in [-0.2, 0) is 0 Å². The maximum Gasteiger partial charge on any atom is 0.0623 e. The van der Waals surface area contributed by atoms with Crippen LogP contribution in [0.1, 0.15) is 33.6 Å². The average molecular weight is 186 g/mol. The summed E-state index contributed by atoms with van der Waals surface area (Å²) < 4.78 is 0. The summed E-state index contributed by atoms with van der Waals surface area (Å²) in [5.74, 6) is 0. The molecule has 0 aliphatic carbocycles. The Morgan fingerprint density at radius 2 is 2.08 bits per heavy atom. The minimum absolute atomic E-state index is 0.0968. The Balaban J connectivity index is 2.62. The van der Waals surface area contributed by atoms with Gasteiger partial charge in [-0.05, 0) is 40.2 Å². The predicted octanol–water partition coefficient (Wildman–Crippen LogP) is 0.571. The third-order valence-corrected chi connectivity index (χ3v) is 2.87. The highest BCUT2D eigenvalue weighted by molar-refractivity contribution is 4.94. The molecule has 1 aliphatic heterocycles. The third kappa shape index (κ3) is 2.66. The van der Waals surface area contributed by atoms with Gasteiger partial charge in [-0.3, -0.25) is 4.90 Å². The number of nitrogens with zero attached hydrogens (tertiary/aromatic N) is 1. The number of likely N-dealkylation sites (tertiary alicyclic amines) is 1. The monoisotopic (exact) mass is 186 g/mol. The van der Waals surface area contributed by atoms with Crippen molar-refractivity contribution in [3.8, 4) is 0 Å². The van der Waals surface area contributed by atoms with E-state index in [2.05, 4.69) is 25.7 Å². The van der Waals surface area contributed by atoms with E-state index < -0.39 is 0 Å². The van der Waals surface area contributed by atoms with E-state index in [0.717, 1.165) is 25.9 Å².